The third kappa shape index (κ3) is 2.36. The molecule has 0 bridgehead atoms. The molecule has 5 heteroatoms. The number of carbonyl (C=O) groups is 2. The van der Waals surface area contributed by atoms with Gasteiger partial charge >= 0.3 is 5.97 Å². The van der Waals surface area contributed by atoms with Gasteiger partial charge in [0.2, 0.25) is 5.91 Å². The van der Waals surface area contributed by atoms with E-state index in [1.807, 2.05) is 0 Å². The molecule has 0 spiro atoms. The van der Waals surface area contributed by atoms with Gasteiger partial charge in [0, 0.05) is 0 Å². The second-order valence-corrected chi connectivity index (χ2v) is 4.67. The van der Waals surface area contributed by atoms with Gasteiger partial charge in [-0.3, -0.25) is 4.79 Å². The molecule has 0 heterocycles. The van der Waals surface area contributed by atoms with Crippen LogP contribution in [0.4, 0.5) is 0 Å². The molecule has 1 atom stereocenters. The number of rotatable bonds is 4. The molecule has 2 rings (SSSR count). The van der Waals surface area contributed by atoms with Crippen LogP contribution in [0.15, 0.2) is 30.3 Å². The zero-order chi connectivity index (χ0) is 13.2. The number of nitrogens with two attached hydrogens (primary N) is 1. The van der Waals surface area contributed by atoms with Crippen LogP contribution < -0.4 is 11.1 Å². The van der Waals surface area contributed by atoms with Crippen LogP contribution in [-0.2, 0) is 9.59 Å². The molecule has 0 aromatic heterocycles. The van der Waals surface area contributed by atoms with Crippen LogP contribution in [0, 0.1) is 0 Å². The number of carboxylic acids is 1. The largest absolute Gasteiger partial charge is 0.479 e. The smallest absolute Gasteiger partial charge is 0.330 e. The third-order valence-electron chi connectivity index (χ3n) is 3.35. The Hall–Kier alpha value is -1.88. The predicted molar refractivity (Wildman–Crippen MR) is 65.7 cm³/mol. The third-order valence-corrected chi connectivity index (χ3v) is 3.35. The number of amides is 1. The van der Waals surface area contributed by atoms with Crippen LogP contribution in [0.5, 0.6) is 0 Å². The van der Waals surface area contributed by atoms with Crippen LogP contribution in [-0.4, -0.2) is 22.5 Å². The van der Waals surface area contributed by atoms with Crippen molar-refractivity contribution in [3.63, 3.8) is 0 Å². The average molecular weight is 248 g/mol. The predicted octanol–water partition coefficient (Wildman–Crippen LogP) is 0.810. The van der Waals surface area contributed by atoms with Crippen molar-refractivity contribution >= 4 is 11.9 Å². The van der Waals surface area contributed by atoms with Crippen LogP contribution >= 0.6 is 0 Å². The minimum absolute atomic E-state index is 0.384. The monoisotopic (exact) mass is 248 g/mol. The van der Waals surface area contributed by atoms with E-state index in [0.29, 0.717) is 18.4 Å². The Balaban J connectivity index is 2.13. The summed E-state index contributed by atoms with van der Waals surface area (Å²) in [4.78, 5) is 23.1. The molecule has 96 valence electrons. The molecule has 1 aliphatic carbocycles. The quantitative estimate of drug-likeness (QED) is 0.735. The van der Waals surface area contributed by atoms with Crippen molar-refractivity contribution in [3.05, 3.63) is 35.9 Å². The summed E-state index contributed by atoms with van der Waals surface area (Å²) in [6, 6.07) is 7.56. The molecule has 1 aromatic rings. The van der Waals surface area contributed by atoms with Crippen LogP contribution in [0.2, 0.25) is 0 Å². The first-order valence-electron chi connectivity index (χ1n) is 5.90. The van der Waals surface area contributed by atoms with E-state index < -0.39 is 17.6 Å². The summed E-state index contributed by atoms with van der Waals surface area (Å²) in [6.45, 7) is 0. The van der Waals surface area contributed by atoms with Crippen molar-refractivity contribution in [2.24, 2.45) is 5.73 Å². The van der Waals surface area contributed by atoms with Crippen molar-refractivity contribution in [1.29, 1.82) is 0 Å². The Bertz CT molecular complexity index is 455. The summed E-state index contributed by atoms with van der Waals surface area (Å²) in [5.74, 6) is -1.47. The minimum atomic E-state index is -1.09. The second-order valence-electron chi connectivity index (χ2n) is 4.67. The highest BCUT2D eigenvalue weighted by atomic mass is 16.4. The summed E-state index contributed by atoms with van der Waals surface area (Å²) in [6.07, 6.45) is 2.13. The van der Waals surface area contributed by atoms with Gasteiger partial charge in [0.25, 0.3) is 0 Å². The maximum Gasteiger partial charge on any atom is 0.330 e. The van der Waals surface area contributed by atoms with E-state index in [4.69, 9.17) is 5.73 Å². The van der Waals surface area contributed by atoms with Crippen molar-refractivity contribution in [2.45, 2.75) is 30.8 Å². The Morgan fingerprint density at radius 2 is 1.89 bits per heavy atom. The first kappa shape index (κ1) is 12.6. The van der Waals surface area contributed by atoms with Crippen molar-refractivity contribution in [3.8, 4) is 0 Å². The van der Waals surface area contributed by atoms with E-state index in [2.05, 4.69) is 5.32 Å². The molecule has 18 heavy (non-hydrogen) atoms. The molecule has 1 amide bonds. The normalized spacial score (nSPS) is 18.5. The summed E-state index contributed by atoms with van der Waals surface area (Å²) in [5.41, 5.74) is 5.52. The van der Waals surface area contributed by atoms with Crippen molar-refractivity contribution in [1.82, 2.24) is 5.32 Å². The molecular formula is C13H16N2O3. The average Bonchev–Trinajstić information content (AvgIpc) is 2.33. The highest BCUT2D eigenvalue weighted by molar-refractivity contribution is 5.91. The fraction of sp³-hybridized carbons (Fsp3) is 0.385. The van der Waals surface area contributed by atoms with E-state index in [9.17, 15) is 14.7 Å². The lowest BCUT2D eigenvalue weighted by molar-refractivity contribution is -0.143. The van der Waals surface area contributed by atoms with Crippen LogP contribution in [0.25, 0.3) is 0 Å². The number of hydrogen-bond donors (Lipinski definition) is 3. The van der Waals surface area contributed by atoms with E-state index >= 15 is 0 Å². The molecule has 1 aromatic carbocycles. The van der Waals surface area contributed by atoms with Crippen LogP contribution in [0.3, 0.4) is 0 Å². The van der Waals surface area contributed by atoms with Gasteiger partial charge in [0.1, 0.15) is 0 Å². The molecule has 4 N–H and O–H groups in total. The lowest BCUT2D eigenvalue weighted by Crippen LogP contribution is -2.59. The summed E-state index contributed by atoms with van der Waals surface area (Å²) in [7, 11) is 0. The maximum atomic E-state index is 11.9. The fourth-order valence-corrected chi connectivity index (χ4v) is 1.99. The van der Waals surface area contributed by atoms with E-state index in [-0.39, 0.29) is 5.91 Å². The maximum absolute atomic E-state index is 11.9. The van der Waals surface area contributed by atoms with Gasteiger partial charge in [-0.2, -0.15) is 0 Å². The second kappa shape index (κ2) is 4.78. The van der Waals surface area contributed by atoms with Gasteiger partial charge in [-0.15, -0.1) is 0 Å². The number of nitrogens with one attached hydrogen (secondary N) is 1. The lowest BCUT2D eigenvalue weighted by atomic mass is 9.77. The summed E-state index contributed by atoms with van der Waals surface area (Å²) < 4.78 is 0. The SMILES string of the molecule is NC1(C(=O)NC(C(=O)O)c2ccccc2)CCC1. The molecular weight excluding hydrogens is 232 g/mol. The van der Waals surface area contributed by atoms with E-state index in [1.165, 1.54) is 0 Å². The molecule has 0 aliphatic heterocycles. The number of carboxylic acid groups (broad SMARTS) is 1. The van der Waals surface area contributed by atoms with E-state index in [1.54, 1.807) is 30.3 Å². The van der Waals surface area contributed by atoms with Crippen LogP contribution in [0.1, 0.15) is 30.9 Å². The number of carbonyl (C=O) groups excluding carboxylic acids is 1. The first-order valence-corrected chi connectivity index (χ1v) is 5.90. The molecule has 1 fully saturated rings. The summed E-state index contributed by atoms with van der Waals surface area (Å²) >= 11 is 0. The first-order chi connectivity index (χ1) is 8.53. The molecule has 5 nitrogen and oxygen atoms in total. The Labute approximate surface area is 105 Å². The zero-order valence-corrected chi connectivity index (χ0v) is 9.93. The van der Waals surface area contributed by atoms with Gasteiger partial charge in [-0.1, -0.05) is 30.3 Å². The summed E-state index contributed by atoms with van der Waals surface area (Å²) in [5, 5.41) is 11.7. The van der Waals surface area contributed by atoms with Gasteiger partial charge in [-0.05, 0) is 24.8 Å². The Morgan fingerprint density at radius 1 is 1.28 bits per heavy atom. The lowest BCUT2D eigenvalue weighted by Gasteiger charge is -2.37. The molecule has 1 saturated carbocycles. The van der Waals surface area contributed by atoms with Gasteiger partial charge in [0.05, 0.1) is 5.54 Å². The van der Waals surface area contributed by atoms with Gasteiger partial charge < -0.3 is 16.2 Å². The van der Waals surface area contributed by atoms with Crippen molar-refractivity contribution < 1.29 is 14.7 Å². The highest BCUT2D eigenvalue weighted by Gasteiger charge is 2.41. The molecule has 1 aliphatic rings. The molecule has 0 saturated heterocycles. The highest BCUT2D eigenvalue weighted by Crippen LogP contribution is 2.30. The Morgan fingerprint density at radius 3 is 2.33 bits per heavy atom. The molecule has 0 radical (unpaired) electrons. The molecule has 1 unspecified atom stereocenters. The number of hydrogen-bond acceptors (Lipinski definition) is 3. The van der Waals surface area contributed by atoms with Gasteiger partial charge in [-0.25, -0.2) is 4.79 Å². The van der Waals surface area contributed by atoms with Crippen molar-refractivity contribution in [2.75, 3.05) is 0 Å². The van der Waals surface area contributed by atoms with E-state index in [0.717, 1.165) is 6.42 Å². The topological polar surface area (TPSA) is 92.4 Å². The Kier molecular flexibility index (Phi) is 3.34. The zero-order valence-electron chi connectivity index (χ0n) is 9.93. The van der Waals surface area contributed by atoms with Gasteiger partial charge in [0.15, 0.2) is 6.04 Å². The minimum Gasteiger partial charge on any atom is -0.479 e. The number of benzene rings is 1. The fourth-order valence-electron chi connectivity index (χ4n) is 1.99. The number of aliphatic carboxylic acids is 1. The standard InChI is InChI=1S/C13H16N2O3/c14-13(7-4-8-13)12(18)15-10(11(16)17)9-5-2-1-3-6-9/h1-3,5-6,10H,4,7-8,14H2,(H,15,18)(H,16,17).